The number of carbonyl (C=O) groups excluding carboxylic acids is 3. The van der Waals surface area contributed by atoms with Crippen molar-refractivity contribution in [2.75, 3.05) is 10.2 Å². The van der Waals surface area contributed by atoms with E-state index in [4.69, 9.17) is 23.2 Å². The molecule has 0 radical (unpaired) electrons. The minimum atomic E-state index is -4.38. The third kappa shape index (κ3) is 5.26. The number of carbonyl (C=O) groups is 3. The monoisotopic (exact) mass is 546 g/mol. The van der Waals surface area contributed by atoms with Crippen molar-refractivity contribution in [1.82, 2.24) is 9.29 Å². The molecule has 1 fully saturated rings. The number of sulfonamides is 1. The first-order valence-electron chi connectivity index (χ1n) is 10.7. The summed E-state index contributed by atoms with van der Waals surface area (Å²) in [6, 6.07) is 12.1. The van der Waals surface area contributed by atoms with Crippen LogP contribution in [0, 0.1) is 0 Å². The average molecular weight is 547 g/mol. The van der Waals surface area contributed by atoms with Crippen LogP contribution in [0.2, 0.25) is 10.0 Å². The first-order chi connectivity index (χ1) is 17.1. The van der Waals surface area contributed by atoms with Gasteiger partial charge in [-0.25, -0.2) is 13.3 Å². The summed E-state index contributed by atoms with van der Waals surface area (Å²) in [7, 11) is -4.38. The molecule has 186 valence electrons. The number of imide groups is 1. The molecule has 0 spiro atoms. The largest absolute Gasteiger partial charge is 0.326 e. The van der Waals surface area contributed by atoms with E-state index in [0.29, 0.717) is 11.3 Å². The fraction of sp³-hybridized carbons (Fsp3) is 0.167. The average Bonchev–Trinajstić information content (AvgIpc) is 3.13. The maximum atomic E-state index is 13.8. The van der Waals surface area contributed by atoms with Crippen LogP contribution in [0.3, 0.4) is 0 Å². The van der Waals surface area contributed by atoms with Gasteiger partial charge in [-0.05, 0) is 54.1 Å². The number of pyridine rings is 1. The topological polar surface area (TPSA) is 117 Å². The molecule has 1 unspecified atom stereocenters. The molecule has 1 aromatic heterocycles. The second-order valence-corrected chi connectivity index (χ2v) is 10.7. The van der Waals surface area contributed by atoms with Crippen molar-refractivity contribution in [2.45, 2.75) is 30.8 Å². The number of nitrogens with zero attached hydrogens (tertiary/aromatic N) is 3. The lowest BCUT2D eigenvalue weighted by Crippen LogP contribution is -2.45. The molecule has 3 amide bonds. The highest BCUT2D eigenvalue weighted by Gasteiger charge is 2.47. The van der Waals surface area contributed by atoms with Gasteiger partial charge in [0.1, 0.15) is 10.9 Å². The lowest BCUT2D eigenvalue weighted by Gasteiger charge is -2.27. The Balaban J connectivity index is 1.73. The van der Waals surface area contributed by atoms with Crippen LogP contribution >= 0.6 is 23.2 Å². The third-order valence-corrected chi connectivity index (χ3v) is 8.03. The van der Waals surface area contributed by atoms with E-state index >= 15 is 0 Å². The van der Waals surface area contributed by atoms with Gasteiger partial charge in [-0.15, -0.1) is 0 Å². The summed E-state index contributed by atoms with van der Waals surface area (Å²) in [5.74, 6) is -1.55. The van der Waals surface area contributed by atoms with E-state index < -0.39 is 27.9 Å². The standard InChI is InChI=1S/C24H20Cl2N4O5S/c1-15(31)28-18-5-7-19(8-6-18)30-23(32)12-21(24(30)33)29(14-16-3-2-10-27-13-16)36(34,35)22-11-17(25)4-9-20(22)26/h2-11,13,21H,12,14H2,1H3,(H,28,31). The lowest BCUT2D eigenvalue weighted by molar-refractivity contribution is -0.122. The number of halogens is 2. The third-order valence-electron chi connectivity index (χ3n) is 5.46. The molecule has 1 saturated heterocycles. The summed E-state index contributed by atoms with van der Waals surface area (Å²) in [5.41, 5.74) is 1.25. The second kappa shape index (κ2) is 10.4. The fourth-order valence-electron chi connectivity index (χ4n) is 3.84. The highest BCUT2D eigenvalue weighted by Crippen LogP contribution is 2.34. The van der Waals surface area contributed by atoms with E-state index in [2.05, 4.69) is 10.3 Å². The Kier molecular flexibility index (Phi) is 7.41. The minimum absolute atomic E-state index is 0.0715. The number of nitrogens with one attached hydrogen (secondary N) is 1. The molecule has 12 heteroatoms. The van der Waals surface area contributed by atoms with Gasteiger partial charge in [-0.3, -0.25) is 19.4 Å². The summed E-state index contributed by atoms with van der Waals surface area (Å²) < 4.78 is 28.5. The van der Waals surface area contributed by atoms with Crippen LogP contribution in [-0.2, 0) is 31.0 Å². The van der Waals surface area contributed by atoms with Crippen LogP contribution < -0.4 is 10.2 Å². The lowest BCUT2D eigenvalue weighted by atomic mass is 10.2. The van der Waals surface area contributed by atoms with Crippen LogP contribution in [-0.4, -0.2) is 41.5 Å². The van der Waals surface area contributed by atoms with Crippen molar-refractivity contribution in [3.8, 4) is 0 Å². The minimum Gasteiger partial charge on any atom is -0.326 e. The molecule has 0 aliphatic carbocycles. The van der Waals surface area contributed by atoms with Gasteiger partial charge >= 0.3 is 0 Å². The van der Waals surface area contributed by atoms with E-state index in [1.54, 1.807) is 24.3 Å². The Morgan fingerprint density at radius 3 is 2.50 bits per heavy atom. The predicted octanol–water partition coefficient (Wildman–Crippen LogP) is 3.87. The van der Waals surface area contributed by atoms with E-state index in [1.165, 1.54) is 49.6 Å². The number of anilines is 2. The highest BCUT2D eigenvalue weighted by molar-refractivity contribution is 7.89. The Bertz CT molecular complexity index is 1430. The van der Waals surface area contributed by atoms with Crippen molar-refractivity contribution in [3.05, 3.63) is 82.6 Å². The van der Waals surface area contributed by atoms with Gasteiger partial charge in [0.25, 0.3) is 5.91 Å². The number of amides is 3. The van der Waals surface area contributed by atoms with Gasteiger partial charge in [0.15, 0.2) is 0 Å². The second-order valence-electron chi connectivity index (χ2n) is 8.00. The molecule has 1 aliphatic rings. The Hall–Kier alpha value is -3.31. The molecule has 1 aliphatic heterocycles. The van der Waals surface area contributed by atoms with Crippen LogP contribution in [0.15, 0.2) is 71.9 Å². The summed E-state index contributed by atoms with van der Waals surface area (Å²) in [6.07, 6.45) is 2.64. The van der Waals surface area contributed by atoms with Crippen LogP contribution in [0.4, 0.5) is 11.4 Å². The summed E-state index contributed by atoms with van der Waals surface area (Å²) in [4.78, 5) is 42.4. The van der Waals surface area contributed by atoms with Gasteiger partial charge < -0.3 is 5.32 Å². The Morgan fingerprint density at radius 1 is 1.14 bits per heavy atom. The van der Waals surface area contributed by atoms with Gasteiger partial charge in [0, 0.05) is 36.6 Å². The smallest absolute Gasteiger partial charge is 0.252 e. The van der Waals surface area contributed by atoms with Crippen molar-refractivity contribution in [3.63, 3.8) is 0 Å². The maximum absolute atomic E-state index is 13.8. The molecule has 3 aromatic rings. The molecule has 2 heterocycles. The first-order valence-corrected chi connectivity index (χ1v) is 12.9. The predicted molar refractivity (Wildman–Crippen MR) is 135 cm³/mol. The van der Waals surface area contributed by atoms with Crippen LogP contribution in [0.5, 0.6) is 0 Å². The number of hydrogen-bond acceptors (Lipinski definition) is 6. The van der Waals surface area contributed by atoms with E-state index in [9.17, 15) is 22.8 Å². The molecule has 4 rings (SSSR count). The fourth-order valence-corrected chi connectivity index (χ4v) is 6.15. The Morgan fingerprint density at radius 2 is 1.86 bits per heavy atom. The quantitative estimate of drug-likeness (QED) is 0.449. The number of rotatable bonds is 7. The number of benzene rings is 2. The normalized spacial score (nSPS) is 16.0. The molecule has 2 aromatic carbocycles. The van der Waals surface area contributed by atoms with Gasteiger partial charge in [0.05, 0.1) is 17.1 Å². The molecule has 1 atom stereocenters. The molecular formula is C24H20Cl2N4O5S. The van der Waals surface area contributed by atoms with Crippen molar-refractivity contribution < 1.29 is 22.8 Å². The zero-order valence-electron chi connectivity index (χ0n) is 18.9. The van der Waals surface area contributed by atoms with E-state index in [0.717, 1.165) is 9.21 Å². The molecule has 0 bridgehead atoms. The first kappa shape index (κ1) is 25.8. The zero-order chi connectivity index (χ0) is 26.0. The summed E-state index contributed by atoms with van der Waals surface area (Å²) >= 11 is 12.2. The summed E-state index contributed by atoms with van der Waals surface area (Å²) in [6.45, 7) is 1.13. The van der Waals surface area contributed by atoms with Crippen LogP contribution in [0.1, 0.15) is 18.9 Å². The molecule has 0 saturated carbocycles. The molecule has 1 N–H and O–H groups in total. The SMILES string of the molecule is CC(=O)Nc1ccc(N2C(=O)CC(N(Cc3cccnc3)S(=O)(=O)c3cc(Cl)ccc3Cl)C2=O)cc1. The zero-order valence-corrected chi connectivity index (χ0v) is 21.2. The Labute approximate surface area is 217 Å². The highest BCUT2D eigenvalue weighted by atomic mass is 35.5. The van der Waals surface area contributed by atoms with Gasteiger partial charge in [0.2, 0.25) is 21.8 Å². The molecule has 36 heavy (non-hydrogen) atoms. The van der Waals surface area contributed by atoms with Crippen molar-refractivity contribution in [2.24, 2.45) is 0 Å². The van der Waals surface area contributed by atoms with Gasteiger partial charge in [-0.2, -0.15) is 4.31 Å². The van der Waals surface area contributed by atoms with Crippen molar-refractivity contribution >= 4 is 62.3 Å². The van der Waals surface area contributed by atoms with Gasteiger partial charge in [-0.1, -0.05) is 29.3 Å². The molecular weight excluding hydrogens is 527 g/mol. The van der Waals surface area contributed by atoms with Crippen LogP contribution in [0.25, 0.3) is 0 Å². The number of hydrogen-bond donors (Lipinski definition) is 1. The molecule has 9 nitrogen and oxygen atoms in total. The van der Waals surface area contributed by atoms with E-state index in [1.807, 2.05) is 0 Å². The van der Waals surface area contributed by atoms with Crippen molar-refractivity contribution in [1.29, 1.82) is 0 Å². The summed E-state index contributed by atoms with van der Waals surface area (Å²) in [5, 5.41) is 2.68. The number of aromatic nitrogens is 1. The van der Waals surface area contributed by atoms with E-state index in [-0.39, 0.29) is 39.5 Å². The maximum Gasteiger partial charge on any atom is 0.252 e.